The average molecular weight is 325 g/mol. The molecule has 0 unspecified atom stereocenters. The molecule has 0 heterocycles. The van der Waals surface area contributed by atoms with Gasteiger partial charge in [-0.3, -0.25) is 9.59 Å². The van der Waals surface area contributed by atoms with Crippen molar-refractivity contribution in [1.82, 2.24) is 10.7 Å². The van der Waals surface area contributed by atoms with E-state index in [0.717, 1.165) is 22.4 Å². The molecule has 2 aromatic rings. The van der Waals surface area contributed by atoms with Gasteiger partial charge in [0, 0.05) is 6.54 Å². The number of hydrazone groups is 1. The lowest BCUT2D eigenvalue weighted by Crippen LogP contribution is -2.37. The minimum Gasteiger partial charge on any atom is -0.497 e. The van der Waals surface area contributed by atoms with Crippen molar-refractivity contribution in [2.75, 3.05) is 7.11 Å². The van der Waals surface area contributed by atoms with Gasteiger partial charge in [0.2, 0.25) is 0 Å². The zero-order chi connectivity index (χ0) is 17.4. The fourth-order valence-corrected chi connectivity index (χ4v) is 1.87. The second-order valence-electron chi connectivity index (χ2n) is 5.14. The number of nitrogens with zero attached hydrogens (tertiary/aromatic N) is 1. The number of hydrogen-bond donors (Lipinski definition) is 2. The van der Waals surface area contributed by atoms with Gasteiger partial charge in [0.15, 0.2) is 0 Å². The number of aryl methyl sites for hydroxylation is 1. The second kappa shape index (κ2) is 8.47. The number of ether oxygens (including phenoxy) is 1. The summed E-state index contributed by atoms with van der Waals surface area (Å²) >= 11 is 0. The molecule has 6 nitrogen and oxygen atoms in total. The Morgan fingerprint density at radius 1 is 1.04 bits per heavy atom. The molecule has 0 fully saturated rings. The van der Waals surface area contributed by atoms with Crippen LogP contribution in [0, 0.1) is 6.92 Å². The summed E-state index contributed by atoms with van der Waals surface area (Å²) in [4.78, 5) is 23.3. The Morgan fingerprint density at radius 2 is 1.71 bits per heavy atom. The quantitative estimate of drug-likeness (QED) is 0.499. The molecule has 2 N–H and O–H groups in total. The summed E-state index contributed by atoms with van der Waals surface area (Å²) in [5, 5.41) is 6.30. The maximum Gasteiger partial charge on any atom is 0.329 e. The molecule has 0 aliphatic heterocycles. The minimum absolute atomic E-state index is 0.286. The van der Waals surface area contributed by atoms with Gasteiger partial charge in [0.25, 0.3) is 0 Å². The molecule has 0 aliphatic carbocycles. The smallest absolute Gasteiger partial charge is 0.329 e. The van der Waals surface area contributed by atoms with Crippen LogP contribution in [-0.2, 0) is 16.1 Å². The van der Waals surface area contributed by atoms with Gasteiger partial charge in [-0.15, -0.1) is 0 Å². The van der Waals surface area contributed by atoms with Crippen LogP contribution in [0.3, 0.4) is 0 Å². The molecular weight excluding hydrogens is 306 g/mol. The van der Waals surface area contributed by atoms with E-state index in [4.69, 9.17) is 4.74 Å². The third-order valence-electron chi connectivity index (χ3n) is 3.28. The number of carbonyl (C=O) groups is 2. The summed E-state index contributed by atoms with van der Waals surface area (Å²) in [7, 11) is 1.58. The van der Waals surface area contributed by atoms with Gasteiger partial charge in [0.05, 0.1) is 13.3 Å². The number of benzene rings is 2. The number of rotatable bonds is 5. The highest BCUT2D eigenvalue weighted by atomic mass is 16.5. The molecule has 2 rings (SSSR count). The largest absolute Gasteiger partial charge is 0.497 e. The maximum atomic E-state index is 11.7. The van der Waals surface area contributed by atoms with E-state index < -0.39 is 11.8 Å². The van der Waals surface area contributed by atoms with Crippen LogP contribution < -0.4 is 15.5 Å². The molecule has 0 bridgehead atoms. The van der Waals surface area contributed by atoms with Crippen molar-refractivity contribution in [2.45, 2.75) is 13.5 Å². The molecule has 2 amide bonds. The van der Waals surface area contributed by atoms with Crippen molar-refractivity contribution in [2.24, 2.45) is 5.10 Å². The highest BCUT2D eigenvalue weighted by Crippen LogP contribution is 2.09. The van der Waals surface area contributed by atoms with Crippen LogP contribution in [-0.4, -0.2) is 25.1 Å². The van der Waals surface area contributed by atoms with Crippen molar-refractivity contribution in [3.63, 3.8) is 0 Å². The molecule has 0 atom stereocenters. The third-order valence-corrected chi connectivity index (χ3v) is 3.28. The number of amides is 2. The predicted octanol–water partition coefficient (Wildman–Crippen LogP) is 1.77. The zero-order valence-corrected chi connectivity index (χ0v) is 13.6. The lowest BCUT2D eigenvalue weighted by atomic mass is 10.1. The zero-order valence-electron chi connectivity index (χ0n) is 13.6. The van der Waals surface area contributed by atoms with Gasteiger partial charge in [0.1, 0.15) is 5.75 Å². The first-order valence-corrected chi connectivity index (χ1v) is 7.39. The van der Waals surface area contributed by atoms with Crippen molar-refractivity contribution in [3.05, 3.63) is 65.2 Å². The first-order valence-electron chi connectivity index (χ1n) is 7.39. The minimum atomic E-state index is -0.813. The van der Waals surface area contributed by atoms with Gasteiger partial charge in [-0.25, -0.2) is 5.43 Å². The molecule has 0 aliphatic rings. The van der Waals surface area contributed by atoms with Gasteiger partial charge < -0.3 is 10.1 Å². The first-order chi connectivity index (χ1) is 11.6. The van der Waals surface area contributed by atoms with Crippen LogP contribution >= 0.6 is 0 Å². The van der Waals surface area contributed by atoms with Crippen molar-refractivity contribution >= 4 is 18.0 Å². The van der Waals surface area contributed by atoms with Crippen molar-refractivity contribution < 1.29 is 14.3 Å². The van der Waals surface area contributed by atoms with E-state index in [0.29, 0.717) is 0 Å². The van der Waals surface area contributed by atoms with Crippen LogP contribution in [0.5, 0.6) is 5.75 Å². The molecule has 0 aromatic heterocycles. The summed E-state index contributed by atoms with van der Waals surface area (Å²) < 4.78 is 5.05. The first kappa shape index (κ1) is 17.2. The highest BCUT2D eigenvalue weighted by Gasteiger charge is 2.11. The predicted molar refractivity (Wildman–Crippen MR) is 91.8 cm³/mol. The van der Waals surface area contributed by atoms with Crippen LogP contribution in [0.15, 0.2) is 53.6 Å². The number of methoxy groups -OCH3 is 1. The molecule has 124 valence electrons. The third kappa shape index (κ3) is 5.24. The Morgan fingerprint density at radius 3 is 2.33 bits per heavy atom. The highest BCUT2D eigenvalue weighted by molar-refractivity contribution is 6.35. The average Bonchev–Trinajstić information content (AvgIpc) is 2.61. The lowest BCUT2D eigenvalue weighted by Gasteiger charge is -2.04. The van der Waals surface area contributed by atoms with E-state index in [9.17, 15) is 9.59 Å². The fourth-order valence-electron chi connectivity index (χ4n) is 1.87. The Bertz CT molecular complexity index is 722. The molecule has 0 radical (unpaired) electrons. The Kier molecular flexibility index (Phi) is 6.08. The number of nitrogens with one attached hydrogen (secondary N) is 2. The van der Waals surface area contributed by atoms with Crippen LogP contribution in [0.25, 0.3) is 0 Å². The second-order valence-corrected chi connectivity index (χ2v) is 5.14. The summed E-state index contributed by atoms with van der Waals surface area (Å²) in [6, 6.07) is 14.8. The number of carbonyl (C=O) groups excluding carboxylic acids is 2. The van der Waals surface area contributed by atoms with Crippen LogP contribution in [0.1, 0.15) is 16.7 Å². The fraction of sp³-hybridized carbons (Fsp3) is 0.167. The van der Waals surface area contributed by atoms with Crippen LogP contribution in [0.2, 0.25) is 0 Å². The van der Waals surface area contributed by atoms with E-state index in [1.165, 1.54) is 6.21 Å². The summed E-state index contributed by atoms with van der Waals surface area (Å²) in [5.41, 5.74) is 5.02. The van der Waals surface area contributed by atoms with E-state index in [2.05, 4.69) is 15.8 Å². The molecule has 0 spiro atoms. The monoisotopic (exact) mass is 325 g/mol. The topological polar surface area (TPSA) is 79.8 Å². The Hall–Kier alpha value is -3.15. The van der Waals surface area contributed by atoms with Crippen molar-refractivity contribution in [1.29, 1.82) is 0 Å². The van der Waals surface area contributed by atoms with Gasteiger partial charge in [-0.1, -0.05) is 29.8 Å². The van der Waals surface area contributed by atoms with E-state index in [1.807, 2.05) is 31.2 Å². The SMILES string of the molecule is COc1ccc(/C=N/NC(=O)C(=O)NCc2ccc(C)cc2)cc1. The summed E-state index contributed by atoms with van der Waals surface area (Å²) in [6.45, 7) is 2.27. The molecule has 2 aromatic carbocycles. The molecular formula is C18H19N3O3. The normalized spacial score (nSPS) is 10.4. The Balaban J connectivity index is 1.79. The van der Waals surface area contributed by atoms with E-state index in [-0.39, 0.29) is 6.54 Å². The van der Waals surface area contributed by atoms with Gasteiger partial charge in [-0.2, -0.15) is 5.10 Å². The van der Waals surface area contributed by atoms with Gasteiger partial charge >= 0.3 is 11.8 Å². The maximum absolute atomic E-state index is 11.7. The van der Waals surface area contributed by atoms with Crippen molar-refractivity contribution in [3.8, 4) is 5.75 Å². The Labute approximate surface area is 140 Å². The van der Waals surface area contributed by atoms with Crippen LogP contribution in [0.4, 0.5) is 0 Å². The summed E-state index contributed by atoms with van der Waals surface area (Å²) in [5.74, 6) is -0.819. The van der Waals surface area contributed by atoms with E-state index in [1.54, 1.807) is 31.4 Å². The van der Waals surface area contributed by atoms with E-state index >= 15 is 0 Å². The molecule has 0 saturated carbocycles. The molecule has 24 heavy (non-hydrogen) atoms. The summed E-state index contributed by atoms with van der Waals surface area (Å²) in [6.07, 6.45) is 1.45. The lowest BCUT2D eigenvalue weighted by molar-refractivity contribution is -0.139. The van der Waals surface area contributed by atoms with Gasteiger partial charge in [-0.05, 0) is 42.3 Å². The number of hydrogen-bond acceptors (Lipinski definition) is 4. The molecule has 0 saturated heterocycles. The molecule has 6 heteroatoms. The standard InChI is InChI=1S/C18H19N3O3/c1-13-3-5-14(6-4-13)11-19-17(22)18(23)21-20-12-15-7-9-16(24-2)10-8-15/h3-10,12H,11H2,1-2H3,(H,19,22)(H,21,23)/b20-12+.